The summed E-state index contributed by atoms with van der Waals surface area (Å²) in [5.74, 6) is 0.0688. The highest BCUT2D eigenvalue weighted by Crippen LogP contribution is 2.20. The van der Waals surface area contributed by atoms with Gasteiger partial charge in [-0.05, 0) is 19.9 Å². The topological polar surface area (TPSA) is 26.3 Å². The van der Waals surface area contributed by atoms with Gasteiger partial charge in [0.25, 0.3) is 0 Å². The molecular weight excluding hydrogens is 172 g/mol. The number of ether oxygens (including phenoxy) is 1. The summed E-state index contributed by atoms with van der Waals surface area (Å²) < 4.78 is 4.78. The third-order valence-electron chi connectivity index (χ3n) is 1.62. The van der Waals surface area contributed by atoms with E-state index in [0.29, 0.717) is 0 Å². The molecule has 0 aromatic carbocycles. The van der Waals surface area contributed by atoms with Crippen LogP contribution in [0.3, 0.4) is 0 Å². The largest absolute Gasteiger partial charge is 0.377 e. The van der Waals surface area contributed by atoms with Crippen LogP contribution in [0.1, 0.15) is 20.1 Å². The van der Waals surface area contributed by atoms with Crippen molar-refractivity contribution < 1.29 is 9.53 Å². The van der Waals surface area contributed by atoms with E-state index in [9.17, 15) is 4.79 Å². The fourth-order valence-corrected chi connectivity index (χ4v) is 2.06. The van der Waals surface area contributed by atoms with E-state index < -0.39 is 0 Å². The van der Waals surface area contributed by atoms with E-state index >= 15 is 0 Å². The predicted molar refractivity (Wildman–Crippen MR) is 50.0 cm³/mol. The van der Waals surface area contributed by atoms with Crippen LogP contribution in [0.2, 0.25) is 0 Å². The summed E-state index contributed by atoms with van der Waals surface area (Å²) in [6.07, 6.45) is 0. The van der Waals surface area contributed by atoms with Crippen LogP contribution < -0.4 is 0 Å². The summed E-state index contributed by atoms with van der Waals surface area (Å²) in [5.41, 5.74) is 0.805. The van der Waals surface area contributed by atoms with Gasteiger partial charge in [-0.25, -0.2) is 0 Å². The number of carbonyl (C=O) groups excluding carboxylic acids is 1. The normalized spacial score (nSPS) is 10.2. The summed E-state index contributed by atoms with van der Waals surface area (Å²) in [5, 5.41) is 0. The van der Waals surface area contributed by atoms with Gasteiger partial charge in [-0.15, -0.1) is 11.3 Å². The van der Waals surface area contributed by atoms with Gasteiger partial charge in [-0.1, -0.05) is 0 Å². The van der Waals surface area contributed by atoms with Crippen LogP contribution >= 0.6 is 11.3 Å². The average Bonchev–Trinajstić information content (AvgIpc) is 2.30. The molecule has 0 bridgehead atoms. The number of hydrogen-bond donors (Lipinski definition) is 0. The molecule has 0 spiro atoms. The average molecular weight is 184 g/mol. The minimum absolute atomic E-state index is 0.0688. The smallest absolute Gasteiger partial charge is 0.189 e. The molecule has 0 aliphatic rings. The number of carbonyl (C=O) groups is 1. The summed E-state index contributed by atoms with van der Waals surface area (Å²) in [7, 11) is 1.53. The monoisotopic (exact) mass is 184 g/mol. The lowest BCUT2D eigenvalue weighted by Crippen LogP contribution is -2.06. The zero-order valence-electron chi connectivity index (χ0n) is 7.51. The molecule has 0 saturated carbocycles. The summed E-state index contributed by atoms with van der Waals surface area (Å²) in [6, 6.07) is 1.92. The van der Waals surface area contributed by atoms with Crippen LogP contribution in [0.5, 0.6) is 0 Å². The number of aryl methyl sites for hydroxylation is 2. The molecule has 1 aromatic heterocycles. The molecular formula is C9H12O2S. The van der Waals surface area contributed by atoms with Gasteiger partial charge in [0.05, 0.1) is 0 Å². The van der Waals surface area contributed by atoms with Gasteiger partial charge >= 0.3 is 0 Å². The number of methoxy groups -OCH3 is 1. The molecule has 0 fully saturated rings. The van der Waals surface area contributed by atoms with Gasteiger partial charge < -0.3 is 4.74 Å². The second-order valence-corrected chi connectivity index (χ2v) is 4.14. The third-order valence-corrected chi connectivity index (χ3v) is 2.58. The van der Waals surface area contributed by atoms with E-state index in [0.717, 1.165) is 10.4 Å². The number of rotatable bonds is 3. The van der Waals surface area contributed by atoms with Crippen LogP contribution in [-0.4, -0.2) is 19.5 Å². The van der Waals surface area contributed by atoms with Crippen molar-refractivity contribution in [2.75, 3.05) is 13.7 Å². The quantitative estimate of drug-likeness (QED) is 0.673. The first-order chi connectivity index (χ1) is 5.65. The van der Waals surface area contributed by atoms with Gasteiger partial charge in [0.1, 0.15) is 6.61 Å². The van der Waals surface area contributed by atoms with E-state index in [4.69, 9.17) is 4.74 Å². The number of thiophene rings is 1. The predicted octanol–water partition coefficient (Wildman–Crippen LogP) is 2.19. The Kier molecular flexibility index (Phi) is 3.00. The Morgan fingerprint density at radius 2 is 2.25 bits per heavy atom. The Morgan fingerprint density at radius 3 is 2.67 bits per heavy atom. The molecule has 0 aliphatic carbocycles. The van der Waals surface area contributed by atoms with Gasteiger partial charge in [-0.3, -0.25) is 4.79 Å². The lowest BCUT2D eigenvalue weighted by atomic mass is 10.2. The van der Waals surface area contributed by atoms with Crippen molar-refractivity contribution in [3.8, 4) is 0 Å². The van der Waals surface area contributed by atoms with Crippen molar-refractivity contribution in [3.05, 3.63) is 21.4 Å². The summed E-state index contributed by atoms with van der Waals surface area (Å²) in [4.78, 5) is 13.6. The Hall–Kier alpha value is -0.670. The zero-order valence-corrected chi connectivity index (χ0v) is 8.33. The maximum Gasteiger partial charge on any atom is 0.189 e. The Balaban J connectivity index is 2.87. The fraction of sp³-hybridized carbons (Fsp3) is 0.444. The molecule has 0 radical (unpaired) electrons. The van der Waals surface area contributed by atoms with Crippen molar-refractivity contribution in [1.29, 1.82) is 0 Å². The molecule has 1 aromatic rings. The molecule has 0 unspecified atom stereocenters. The van der Waals surface area contributed by atoms with Crippen molar-refractivity contribution >= 4 is 17.1 Å². The van der Waals surface area contributed by atoms with Crippen molar-refractivity contribution in [3.63, 3.8) is 0 Å². The van der Waals surface area contributed by atoms with E-state index in [1.807, 2.05) is 19.9 Å². The van der Waals surface area contributed by atoms with E-state index in [2.05, 4.69) is 0 Å². The molecule has 0 atom stereocenters. The zero-order chi connectivity index (χ0) is 9.14. The molecule has 1 rings (SSSR count). The molecule has 12 heavy (non-hydrogen) atoms. The number of Topliss-reactive ketones (excluding diaryl/α,β-unsaturated/α-hetero) is 1. The molecule has 0 saturated heterocycles. The number of hydrogen-bond acceptors (Lipinski definition) is 3. The second-order valence-electron chi connectivity index (χ2n) is 2.68. The molecule has 0 aliphatic heterocycles. The highest BCUT2D eigenvalue weighted by Gasteiger charge is 2.10. The van der Waals surface area contributed by atoms with Crippen molar-refractivity contribution in [2.24, 2.45) is 0 Å². The van der Waals surface area contributed by atoms with Gasteiger partial charge in [0.15, 0.2) is 5.78 Å². The Bertz CT molecular complexity index is 289. The number of ketones is 1. The first-order valence-corrected chi connectivity index (χ1v) is 4.56. The van der Waals surface area contributed by atoms with Crippen LogP contribution in [0, 0.1) is 13.8 Å². The molecule has 3 heteroatoms. The van der Waals surface area contributed by atoms with E-state index in [1.54, 1.807) is 11.3 Å². The highest BCUT2D eigenvalue weighted by atomic mass is 32.1. The molecule has 0 N–H and O–H groups in total. The Labute approximate surface area is 76.2 Å². The van der Waals surface area contributed by atoms with E-state index in [-0.39, 0.29) is 12.4 Å². The molecule has 1 heterocycles. The fourth-order valence-electron chi connectivity index (χ4n) is 1.12. The van der Waals surface area contributed by atoms with Gasteiger partial charge in [0, 0.05) is 22.4 Å². The first-order valence-electron chi connectivity index (χ1n) is 3.74. The SMILES string of the molecule is COCC(=O)c1cc(C)sc1C. The highest BCUT2D eigenvalue weighted by molar-refractivity contribution is 7.12. The standard InChI is InChI=1S/C9H12O2S/c1-6-4-8(7(2)12-6)9(10)5-11-3/h4H,5H2,1-3H3. The molecule has 2 nitrogen and oxygen atoms in total. The lowest BCUT2D eigenvalue weighted by Gasteiger charge is -1.96. The van der Waals surface area contributed by atoms with Crippen LogP contribution in [-0.2, 0) is 4.74 Å². The maximum atomic E-state index is 11.4. The molecule has 0 amide bonds. The molecule has 66 valence electrons. The van der Waals surface area contributed by atoms with Crippen LogP contribution in [0.25, 0.3) is 0 Å². The van der Waals surface area contributed by atoms with Gasteiger partial charge in [-0.2, -0.15) is 0 Å². The summed E-state index contributed by atoms with van der Waals surface area (Å²) >= 11 is 1.65. The Morgan fingerprint density at radius 1 is 1.58 bits per heavy atom. The third kappa shape index (κ3) is 1.93. The van der Waals surface area contributed by atoms with Crippen molar-refractivity contribution in [1.82, 2.24) is 0 Å². The minimum Gasteiger partial charge on any atom is -0.377 e. The first kappa shape index (κ1) is 9.42. The van der Waals surface area contributed by atoms with Crippen LogP contribution in [0.4, 0.5) is 0 Å². The minimum atomic E-state index is 0.0688. The maximum absolute atomic E-state index is 11.4. The van der Waals surface area contributed by atoms with Gasteiger partial charge in [0.2, 0.25) is 0 Å². The van der Waals surface area contributed by atoms with Crippen molar-refractivity contribution in [2.45, 2.75) is 13.8 Å². The second kappa shape index (κ2) is 3.83. The summed E-state index contributed by atoms with van der Waals surface area (Å²) in [6.45, 7) is 4.14. The van der Waals surface area contributed by atoms with E-state index in [1.165, 1.54) is 12.0 Å². The van der Waals surface area contributed by atoms with Crippen LogP contribution in [0.15, 0.2) is 6.07 Å². The lowest BCUT2D eigenvalue weighted by molar-refractivity contribution is 0.0848.